The van der Waals surface area contributed by atoms with Crippen LogP contribution in [0.25, 0.3) is 6.08 Å². The highest BCUT2D eigenvalue weighted by Crippen LogP contribution is 2.38. The third-order valence-electron chi connectivity index (χ3n) is 5.66. The van der Waals surface area contributed by atoms with E-state index in [-0.39, 0.29) is 23.8 Å². The Bertz CT molecular complexity index is 982. The summed E-state index contributed by atoms with van der Waals surface area (Å²) < 4.78 is 12.7. The molecule has 31 heavy (non-hydrogen) atoms. The first-order valence-corrected chi connectivity index (χ1v) is 11.0. The highest BCUT2D eigenvalue weighted by Gasteiger charge is 2.31. The van der Waals surface area contributed by atoms with Gasteiger partial charge in [0.25, 0.3) is 0 Å². The molecule has 1 N–H and O–H groups in total. The molecule has 1 amide bonds. The molecule has 0 aromatic carbocycles. The summed E-state index contributed by atoms with van der Waals surface area (Å²) in [7, 11) is 0. The fourth-order valence-electron chi connectivity index (χ4n) is 3.80. The molecule has 1 aliphatic carbocycles. The van der Waals surface area contributed by atoms with E-state index in [1.807, 2.05) is 39.2 Å². The monoisotopic (exact) mass is 428 g/mol. The van der Waals surface area contributed by atoms with Gasteiger partial charge in [-0.25, -0.2) is 4.79 Å². The number of hydrogen-bond donors (Lipinski definition) is 1. The van der Waals surface area contributed by atoms with Gasteiger partial charge in [0.2, 0.25) is 11.8 Å². The second kappa shape index (κ2) is 9.49. The van der Waals surface area contributed by atoms with Crippen LogP contribution in [0.5, 0.6) is 0 Å². The Labute approximate surface area is 183 Å². The minimum Gasteiger partial charge on any atom is -0.462 e. The van der Waals surface area contributed by atoms with E-state index in [0.29, 0.717) is 29.5 Å². The second-order valence-electron chi connectivity index (χ2n) is 8.25. The van der Waals surface area contributed by atoms with Crippen LogP contribution in [0, 0.1) is 19.8 Å². The number of carbonyl (C=O) groups is 2. The van der Waals surface area contributed by atoms with Gasteiger partial charge in [-0.1, -0.05) is 19.0 Å². The van der Waals surface area contributed by atoms with Gasteiger partial charge in [0.15, 0.2) is 5.82 Å². The van der Waals surface area contributed by atoms with Crippen molar-refractivity contribution in [2.45, 2.75) is 72.9 Å². The molecule has 1 aliphatic rings. The van der Waals surface area contributed by atoms with Gasteiger partial charge in [-0.2, -0.15) is 4.98 Å². The maximum Gasteiger partial charge on any atom is 0.340 e. The maximum absolute atomic E-state index is 12.7. The van der Waals surface area contributed by atoms with E-state index in [0.717, 1.165) is 36.6 Å². The van der Waals surface area contributed by atoms with Crippen molar-refractivity contribution in [3.05, 3.63) is 40.3 Å². The number of esters is 1. The Kier molecular flexibility index (Phi) is 6.97. The molecule has 2 aromatic heterocycles. The molecule has 8 nitrogen and oxygen atoms in total. The van der Waals surface area contributed by atoms with E-state index in [1.165, 1.54) is 6.08 Å². The fraction of sp³-hybridized carbons (Fsp3) is 0.565. The van der Waals surface area contributed by atoms with Crippen molar-refractivity contribution < 1.29 is 18.8 Å². The van der Waals surface area contributed by atoms with Crippen LogP contribution in [0.2, 0.25) is 0 Å². The normalized spacial score (nSPS) is 14.9. The third kappa shape index (κ3) is 4.89. The summed E-state index contributed by atoms with van der Waals surface area (Å²) in [6.45, 7) is 12.6. The van der Waals surface area contributed by atoms with Crippen molar-refractivity contribution in [3.8, 4) is 0 Å². The number of ether oxygens (including phenoxy) is 1. The second-order valence-corrected chi connectivity index (χ2v) is 8.25. The Morgan fingerprint density at radius 1 is 1.26 bits per heavy atom. The SMILES string of the molecule is CCOC(=O)c1c(/C=C/C(=O)NC(c2nc(C3CC3)no2)C(C)C)c(C)n(CC)c1C. The molecule has 0 bridgehead atoms. The number of nitrogens with zero attached hydrogens (tertiary/aromatic N) is 3. The summed E-state index contributed by atoms with van der Waals surface area (Å²) in [5.41, 5.74) is 2.94. The predicted molar refractivity (Wildman–Crippen MR) is 117 cm³/mol. The van der Waals surface area contributed by atoms with Crippen molar-refractivity contribution in [2.75, 3.05) is 6.61 Å². The maximum atomic E-state index is 12.7. The smallest absolute Gasteiger partial charge is 0.340 e. The zero-order chi connectivity index (χ0) is 22.7. The molecular weight excluding hydrogens is 396 g/mol. The zero-order valence-electron chi connectivity index (χ0n) is 19.2. The van der Waals surface area contributed by atoms with E-state index in [2.05, 4.69) is 15.5 Å². The topological polar surface area (TPSA) is 99.2 Å². The highest BCUT2D eigenvalue weighted by atomic mass is 16.5. The van der Waals surface area contributed by atoms with Crippen LogP contribution in [0.1, 0.15) is 91.5 Å². The molecule has 1 saturated carbocycles. The van der Waals surface area contributed by atoms with Crippen molar-refractivity contribution >= 4 is 18.0 Å². The van der Waals surface area contributed by atoms with Gasteiger partial charge in [0.1, 0.15) is 6.04 Å². The number of carbonyl (C=O) groups excluding carboxylic acids is 2. The number of aromatic nitrogens is 3. The van der Waals surface area contributed by atoms with Crippen molar-refractivity contribution in [1.29, 1.82) is 0 Å². The first kappa shape index (κ1) is 22.8. The van der Waals surface area contributed by atoms with Crippen LogP contribution in [0.15, 0.2) is 10.6 Å². The van der Waals surface area contributed by atoms with Gasteiger partial charge in [-0.3, -0.25) is 4.79 Å². The third-order valence-corrected chi connectivity index (χ3v) is 5.66. The molecule has 2 aromatic rings. The first-order chi connectivity index (χ1) is 14.8. The van der Waals surface area contributed by atoms with E-state index in [9.17, 15) is 9.59 Å². The zero-order valence-corrected chi connectivity index (χ0v) is 19.2. The van der Waals surface area contributed by atoms with Crippen LogP contribution in [0.4, 0.5) is 0 Å². The minimum absolute atomic E-state index is 0.0742. The van der Waals surface area contributed by atoms with Gasteiger partial charge < -0.3 is 19.1 Å². The summed E-state index contributed by atoms with van der Waals surface area (Å²) >= 11 is 0. The van der Waals surface area contributed by atoms with E-state index in [4.69, 9.17) is 9.26 Å². The number of hydrogen-bond acceptors (Lipinski definition) is 6. The molecule has 2 heterocycles. The molecule has 0 saturated heterocycles. The lowest BCUT2D eigenvalue weighted by Gasteiger charge is -2.17. The predicted octanol–water partition coefficient (Wildman–Crippen LogP) is 4.09. The van der Waals surface area contributed by atoms with Crippen molar-refractivity contribution in [3.63, 3.8) is 0 Å². The molecule has 0 radical (unpaired) electrons. The van der Waals surface area contributed by atoms with E-state index >= 15 is 0 Å². The van der Waals surface area contributed by atoms with Crippen LogP contribution in [-0.2, 0) is 16.1 Å². The number of rotatable bonds is 9. The Balaban J connectivity index is 1.81. The Hall–Kier alpha value is -2.90. The summed E-state index contributed by atoms with van der Waals surface area (Å²) in [5, 5.41) is 7.01. The highest BCUT2D eigenvalue weighted by molar-refractivity contribution is 5.98. The minimum atomic E-state index is -0.384. The van der Waals surface area contributed by atoms with Crippen LogP contribution >= 0.6 is 0 Å². The van der Waals surface area contributed by atoms with Crippen LogP contribution in [0.3, 0.4) is 0 Å². The van der Waals surface area contributed by atoms with E-state index < -0.39 is 0 Å². The quantitative estimate of drug-likeness (QED) is 0.477. The lowest BCUT2D eigenvalue weighted by atomic mass is 10.0. The number of nitrogens with one attached hydrogen (secondary N) is 1. The molecule has 3 rings (SSSR count). The van der Waals surface area contributed by atoms with Gasteiger partial charge in [0, 0.05) is 35.5 Å². The summed E-state index contributed by atoms with van der Waals surface area (Å²) in [4.78, 5) is 29.7. The first-order valence-electron chi connectivity index (χ1n) is 11.0. The van der Waals surface area contributed by atoms with Crippen LogP contribution in [-0.4, -0.2) is 33.2 Å². The van der Waals surface area contributed by atoms with Gasteiger partial charge >= 0.3 is 5.97 Å². The molecule has 0 aliphatic heterocycles. The molecular formula is C23H32N4O4. The largest absolute Gasteiger partial charge is 0.462 e. The fourth-order valence-corrected chi connectivity index (χ4v) is 3.80. The average molecular weight is 429 g/mol. The molecule has 0 spiro atoms. The summed E-state index contributed by atoms with van der Waals surface area (Å²) in [6.07, 6.45) is 5.29. The van der Waals surface area contributed by atoms with Crippen molar-refractivity contribution in [1.82, 2.24) is 20.0 Å². The lowest BCUT2D eigenvalue weighted by molar-refractivity contribution is -0.117. The summed E-state index contributed by atoms with van der Waals surface area (Å²) in [5.74, 6) is 0.933. The molecule has 1 unspecified atom stereocenters. The van der Waals surface area contributed by atoms with Gasteiger partial charge in [-0.15, -0.1) is 0 Å². The molecule has 8 heteroatoms. The Morgan fingerprint density at radius 3 is 2.55 bits per heavy atom. The summed E-state index contributed by atoms with van der Waals surface area (Å²) in [6, 6.07) is -0.384. The van der Waals surface area contributed by atoms with Crippen molar-refractivity contribution in [2.24, 2.45) is 5.92 Å². The van der Waals surface area contributed by atoms with Gasteiger partial charge in [0.05, 0.1) is 12.2 Å². The average Bonchev–Trinajstić information content (AvgIpc) is 3.40. The van der Waals surface area contributed by atoms with Crippen LogP contribution < -0.4 is 5.32 Å². The lowest BCUT2D eigenvalue weighted by Crippen LogP contribution is -2.30. The Morgan fingerprint density at radius 2 is 1.97 bits per heavy atom. The van der Waals surface area contributed by atoms with E-state index in [1.54, 1.807) is 13.0 Å². The molecule has 168 valence electrons. The standard InChI is InChI=1S/C23H32N4O4/c1-7-27-14(5)17(19(15(27)6)23(29)30-8-2)11-12-18(28)24-20(13(3)4)22-25-21(26-31-22)16-9-10-16/h11-13,16,20H,7-10H2,1-6H3,(H,24,28)/b12-11+. The van der Waals surface area contributed by atoms with Gasteiger partial charge in [-0.05, 0) is 52.5 Å². The molecule has 1 fully saturated rings. The molecule has 1 atom stereocenters. The number of amides is 1.